The van der Waals surface area contributed by atoms with Crippen molar-refractivity contribution in [3.8, 4) is 11.1 Å². The van der Waals surface area contributed by atoms with E-state index in [2.05, 4.69) is 14.9 Å². The summed E-state index contributed by atoms with van der Waals surface area (Å²) in [6, 6.07) is 9.81. The summed E-state index contributed by atoms with van der Waals surface area (Å²) in [6.07, 6.45) is -2.98. The summed E-state index contributed by atoms with van der Waals surface area (Å²) in [5.74, 6) is -0.975. The molecule has 36 heavy (non-hydrogen) atoms. The number of carbonyl (C=O) groups is 1. The molecule has 0 radical (unpaired) electrons. The molecule has 0 aliphatic heterocycles. The lowest BCUT2D eigenvalue weighted by molar-refractivity contribution is -0.137. The molecule has 12 heteroatoms. The van der Waals surface area contributed by atoms with Crippen molar-refractivity contribution in [2.75, 3.05) is 0 Å². The molecule has 7 nitrogen and oxygen atoms in total. The molecule has 1 atom stereocenters. The highest BCUT2D eigenvalue weighted by atomic mass is 32.2. The van der Waals surface area contributed by atoms with Crippen molar-refractivity contribution in [3.63, 3.8) is 0 Å². The molecule has 0 saturated carbocycles. The highest BCUT2D eigenvalue weighted by molar-refractivity contribution is 7.89. The molecule has 0 amide bonds. The minimum absolute atomic E-state index is 0.0693. The Morgan fingerprint density at radius 2 is 1.78 bits per heavy atom. The van der Waals surface area contributed by atoms with Crippen LogP contribution in [0.4, 0.5) is 17.6 Å². The van der Waals surface area contributed by atoms with Crippen LogP contribution < -0.4 is 4.72 Å². The molecule has 0 bridgehead atoms. The molecule has 188 valence electrons. The molecule has 0 fully saturated rings. The van der Waals surface area contributed by atoms with E-state index in [1.54, 1.807) is 6.07 Å². The van der Waals surface area contributed by atoms with Crippen LogP contribution in [-0.2, 0) is 27.4 Å². The number of ketones is 1. The Balaban J connectivity index is 1.39. The number of alkyl halides is 3. The summed E-state index contributed by atoms with van der Waals surface area (Å²) in [7, 11) is -4.19. The molecule has 2 heterocycles. The van der Waals surface area contributed by atoms with Gasteiger partial charge in [0, 0.05) is 23.4 Å². The van der Waals surface area contributed by atoms with Crippen LogP contribution in [-0.4, -0.2) is 30.4 Å². The summed E-state index contributed by atoms with van der Waals surface area (Å²) < 4.78 is 84.4. The van der Waals surface area contributed by atoms with E-state index in [1.807, 2.05) is 0 Å². The van der Waals surface area contributed by atoms with Crippen LogP contribution in [0.2, 0.25) is 0 Å². The Morgan fingerprint density at radius 3 is 2.47 bits per heavy atom. The highest BCUT2D eigenvalue weighted by Gasteiger charge is 2.30. The Hall–Kier alpha value is -3.64. The van der Waals surface area contributed by atoms with Crippen molar-refractivity contribution in [2.45, 2.75) is 37.1 Å². The number of fused-ring (bicyclic) bond motifs is 1. The van der Waals surface area contributed by atoms with E-state index in [9.17, 15) is 30.8 Å². The zero-order valence-electron chi connectivity index (χ0n) is 18.7. The molecule has 0 aliphatic carbocycles. The van der Waals surface area contributed by atoms with Crippen LogP contribution in [0.1, 0.15) is 24.6 Å². The van der Waals surface area contributed by atoms with Gasteiger partial charge in [-0.05, 0) is 55.3 Å². The van der Waals surface area contributed by atoms with Crippen molar-refractivity contribution in [3.05, 3.63) is 77.9 Å². The molecular weight excluding hydrogens is 502 g/mol. The Bertz CT molecular complexity index is 1520. The van der Waals surface area contributed by atoms with Gasteiger partial charge in [-0.15, -0.1) is 0 Å². The van der Waals surface area contributed by atoms with E-state index in [-0.39, 0.29) is 23.8 Å². The molecular formula is C24H19F4N3O4S. The SMILES string of the molecule is C[C@H](NS(=O)(=O)c1cc2cc(F)ccc2o1)C(=O)CCc1cc(-c2ccc(C(F)(F)F)cc2)cnn1. The van der Waals surface area contributed by atoms with Gasteiger partial charge in [0.15, 0.2) is 5.78 Å². The second kappa shape index (κ2) is 9.78. The van der Waals surface area contributed by atoms with Crippen LogP contribution in [0.3, 0.4) is 0 Å². The van der Waals surface area contributed by atoms with Gasteiger partial charge < -0.3 is 4.42 Å². The smallest absolute Gasteiger partial charge is 0.416 e. The predicted octanol–water partition coefficient (Wildman–Crippen LogP) is 4.92. The largest absolute Gasteiger partial charge is 0.443 e. The van der Waals surface area contributed by atoms with Crippen LogP contribution in [0.5, 0.6) is 0 Å². The Morgan fingerprint density at radius 1 is 1.06 bits per heavy atom. The summed E-state index contributed by atoms with van der Waals surface area (Å²) in [4.78, 5) is 12.6. The van der Waals surface area contributed by atoms with Crippen molar-refractivity contribution in [1.82, 2.24) is 14.9 Å². The van der Waals surface area contributed by atoms with Crippen LogP contribution in [0.15, 0.2) is 70.3 Å². The topological polar surface area (TPSA) is 102 Å². The van der Waals surface area contributed by atoms with Crippen LogP contribution >= 0.6 is 0 Å². The average Bonchev–Trinajstić information content (AvgIpc) is 3.26. The summed E-state index contributed by atoms with van der Waals surface area (Å²) in [5.41, 5.74) is 0.844. The summed E-state index contributed by atoms with van der Waals surface area (Å²) in [5, 5.41) is 7.61. The minimum Gasteiger partial charge on any atom is -0.443 e. The lowest BCUT2D eigenvalue weighted by Gasteiger charge is -2.12. The van der Waals surface area contributed by atoms with Crippen LogP contribution in [0, 0.1) is 5.82 Å². The zero-order chi connectivity index (χ0) is 26.1. The number of sulfonamides is 1. The van der Waals surface area contributed by atoms with Crippen LogP contribution in [0.25, 0.3) is 22.1 Å². The second-order valence-corrected chi connectivity index (χ2v) is 9.71. The number of hydrogen-bond donors (Lipinski definition) is 1. The van der Waals surface area contributed by atoms with E-state index < -0.39 is 44.5 Å². The maximum atomic E-state index is 13.4. The normalized spacial score (nSPS) is 13.1. The maximum absolute atomic E-state index is 13.4. The van der Waals surface area contributed by atoms with Gasteiger partial charge in [0.05, 0.1) is 23.5 Å². The van der Waals surface area contributed by atoms with Crippen molar-refractivity contribution < 1.29 is 35.2 Å². The van der Waals surface area contributed by atoms with Gasteiger partial charge in [-0.25, -0.2) is 12.8 Å². The number of nitrogens with zero attached hydrogens (tertiary/aromatic N) is 2. The molecule has 2 aromatic heterocycles. The van der Waals surface area contributed by atoms with E-state index in [1.165, 1.54) is 37.4 Å². The van der Waals surface area contributed by atoms with Gasteiger partial charge in [-0.2, -0.15) is 28.1 Å². The quantitative estimate of drug-likeness (QED) is 0.331. The summed E-state index contributed by atoms with van der Waals surface area (Å²) >= 11 is 0. The third-order valence-corrected chi connectivity index (χ3v) is 6.81. The standard InChI is InChI=1S/C24H19F4N3O4S/c1-14(31-36(33,34)23-12-16-10-19(25)6-9-22(16)35-23)21(32)8-7-20-11-17(13-29-30-20)15-2-4-18(5-3-15)24(26,27)28/h2-6,9-14,31H,7-8H2,1H3/t14-/m0/s1. The fourth-order valence-corrected chi connectivity index (χ4v) is 4.68. The molecule has 2 aromatic carbocycles. The maximum Gasteiger partial charge on any atom is 0.416 e. The second-order valence-electron chi connectivity index (χ2n) is 8.07. The molecule has 0 aliphatic rings. The third-order valence-electron chi connectivity index (χ3n) is 5.41. The number of benzene rings is 2. The highest BCUT2D eigenvalue weighted by Crippen LogP contribution is 2.31. The minimum atomic E-state index is -4.44. The fraction of sp³-hybridized carbons (Fsp3) is 0.208. The Kier molecular flexibility index (Phi) is 6.92. The number of carbonyl (C=O) groups excluding carboxylic acids is 1. The first kappa shape index (κ1) is 25.5. The van der Waals surface area contributed by atoms with Gasteiger partial charge in [0.2, 0.25) is 5.09 Å². The first-order valence-corrected chi connectivity index (χ1v) is 12.1. The van der Waals surface area contributed by atoms with Gasteiger partial charge in [-0.1, -0.05) is 12.1 Å². The number of furan rings is 1. The number of rotatable bonds is 8. The summed E-state index contributed by atoms with van der Waals surface area (Å²) in [6.45, 7) is 1.38. The van der Waals surface area contributed by atoms with E-state index in [0.717, 1.165) is 24.3 Å². The lowest BCUT2D eigenvalue weighted by atomic mass is 10.0. The number of aryl methyl sites for hydroxylation is 1. The molecule has 4 aromatic rings. The van der Waals surface area contributed by atoms with Gasteiger partial charge in [-0.3, -0.25) is 4.79 Å². The van der Waals surface area contributed by atoms with Gasteiger partial charge >= 0.3 is 6.18 Å². The van der Waals surface area contributed by atoms with Gasteiger partial charge in [0.25, 0.3) is 10.0 Å². The van der Waals surface area contributed by atoms with E-state index >= 15 is 0 Å². The number of Topliss-reactive ketones (excluding diaryl/α,β-unsaturated/α-hetero) is 1. The van der Waals surface area contributed by atoms with Gasteiger partial charge in [0.1, 0.15) is 11.4 Å². The van der Waals surface area contributed by atoms with Crippen molar-refractivity contribution in [2.24, 2.45) is 0 Å². The van der Waals surface area contributed by atoms with E-state index in [4.69, 9.17) is 4.42 Å². The molecule has 1 N–H and O–H groups in total. The number of hydrogen-bond acceptors (Lipinski definition) is 6. The molecule has 0 spiro atoms. The Labute approximate surface area is 203 Å². The average molecular weight is 521 g/mol. The fourth-order valence-electron chi connectivity index (χ4n) is 3.49. The third kappa shape index (κ3) is 5.77. The first-order valence-electron chi connectivity index (χ1n) is 10.7. The van der Waals surface area contributed by atoms with Crippen molar-refractivity contribution >= 4 is 26.8 Å². The monoisotopic (exact) mass is 521 g/mol. The number of aromatic nitrogens is 2. The number of halogens is 4. The zero-order valence-corrected chi connectivity index (χ0v) is 19.5. The predicted molar refractivity (Wildman–Crippen MR) is 122 cm³/mol. The van der Waals surface area contributed by atoms with Crippen molar-refractivity contribution in [1.29, 1.82) is 0 Å². The lowest BCUT2D eigenvalue weighted by Crippen LogP contribution is -2.38. The molecule has 0 saturated heterocycles. The van der Waals surface area contributed by atoms with E-state index in [0.29, 0.717) is 16.8 Å². The number of nitrogens with one attached hydrogen (secondary N) is 1. The molecule has 0 unspecified atom stereocenters. The first-order chi connectivity index (χ1) is 16.9. The molecule has 4 rings (SSSR count).